The third kappa shape index (κ3) is 1.58. The van der Waals surface area contributed by atoms with E-state index in [0.717, 1.165) is 31.6 Å². The van der Waals surface area contributed by atoms with E-state index in [4.69, 9.17) is 5.32 Å². The van der Waals surface area contributed by atoms with Crippen molar-refractivity contribution in [2.75, 3.05) is 32.7 Å². The number of hydrogen-bond acceptors (Lipinski definition) is 2. The highest BCUT2D eigenvalue weighted by Crippen LogP contribution is 2.33. The van der Waals surface area contributed by atoms with Crippen LogP contribution in [0.1, 0.15) is 19.3 Å². The van der Waals surface area contributed by atoms with Gasteiger partial charge >= 0.3 is 0 Å². The summed E-state index contributed by atoms with van der Waals surface area (Å²) >= 11 is 0. The van der Waals surface area contributed by atoms with Crippen molar-refractivity contribution in [2.24, 2.45) is 5.92 Å². The molecule has 0 aromatic carbocycles. The quantitative estimate of drug-likeness (QED) is 0.639. The molecule has 3 heteroatoms. The zero-order chi connectivity index (χ0) is 9.38. The van der Waals surface area contributed by atoms with Gasteiger partial charge in [0.1, 0.15) is 0 Å². The lowest BCUT2D eigenvalue weighted by Gasteiger charge is -2.49. The zero-order valence-corrected chi connectivity index (χ0v) is 8.78. The molecule has 4 fully saturated rings. The van der Waals surface area contributed by atoms with Gasteiger partial charge in [-0.2, -0.15) is 0 Å². The number of nitrogens with one attached hydrogen (secondary N) is 1. The first-order chi connectivity index (χ1) is 6.93. The molecule has 0 amide bonds. The maximum atomic E-state index is 4.77. The summed E-state index contributed by atoms with van der Waals surface area (Å²) in [4.78, 5) is 2.68. The summed E-state index contributed by atoms with van der Waals surface area (Å²) in [6, 6.07) is 1.36. The molecule has 0 saturated carbocycles. The van der Waals surface area contributed by atoms with Gasteiger partial charge in [0.2, 0.25) is 0 Å². The van der Waals surface area contributed by atoms with E-state index in [1.165, 1.54) is 32.4 Å². The molecule has 3 nitrogen and oxygen atoms in total. The van der Waals surface area contributed by atoms with Crippen molar-refractivity contribution in [3.8, 4) is 0 Å². The third-order valence-corrected chi connectivity index (χ3v) is 4.14. The van der Waals surface area contributed by atoms with Gasteiger partial charge in [0, 0.05) is 25.7 Å². The zero-order valence-electron chi connectivity index (χ0n) is 8.78. The summed E-state index contributed by atoms with van der Waals surface area (Å²) in [5.74, 6) is 1.02. The first kappa shape index (κ1) is 9.13. The number of hydrogen-bond donors (Lipinski definition) is 1. The van der Waals surface area contributed by atoms with Crippen molar-refractivity contribution < 1.29 is 0 Å². The van der Waals surface area contributed by atoms with E-state index in [9.17, 15) is 0 Å². The van der Waals surface area contributed by atoms with Crippen LogP contribution in [0.4, 0.5) is 0 Å². The number of piperazine rings is 1. The number of piperidine rings is 3. The Morgan fingerprint density at radius 1 is 1.21 bits per heavy atom. The van der Waals surface area contributed by atoms with E-state index in [0.29, 0.717) is 6.04 Å². The molecule has 4 heterocycles. The lowest BCUT2D eigenvalue weighted by atomic mass is 9.80. The second-order valence-electron chi connectivity index (χ2n) is 4.96. The topological polar surface area (TPSA) is 29.4 Å². The van der Waals surface area contributed by atoms with Crippen LogP contribution in [0.2, 0.25) is 0 Å². The van der Waals surface area contributed by atoms with Gasteiger partial charge in [-0.15, -0.1) is 0 Å². The molecule has 14 heavy (non-hydrogen) atoms. The molecule has 0 aromatic rings. The van der Waals surface area contributed by atoms with E-state index in [2.05, 4.69) is 10.2 Å². The first-order valence-corrected chi connectivity index (χ1v) is 6.05. The van der Waals surface area contributed by atoms with Gasteiger partial charge in [-0.05, 0) is 38.3 Å². The Balaban J connectivity index is 1.66. The van der Waals surface area contributed by atoms with Crippen LogP contribution in [0.5, 0.6) is 0 Å². The minimum atomic E-state index is 0.590. The van der Waals surface area contributed by atoms with Gasteiger partial charge in [-0.25, -0.2) is 5.32 Å². The van der Waals surface area contributed by atoms with Crippen molar-refractivity contribution in [3.05, 3.63) is 0 Å². The highest BCUT2D eigenvalue weighted by atomic mass is 15.2. The Kier molecular flexibility index (Phi) is 2.48. The lowest BCUT2D eigenvalue weighted by molar-refractivity contribution is 0.0251. The Morgan fingerprint density at radius 3 is 2.64 bits per heavy atom. The van der Waals surface area contributed by atoms with Gasteiger partial charge in [-0.1, -0.05) is 0 Å². The molecule has 0 aliphatic carbocycles. The standard InChI is InChI=1S/C11H20N3/c1-5-14-6-2-9(1)7-11(14)10-8-12-3-4-13-10/h9-12H,1-8H2. The maximum absolute atomic E-state index is 4.77. The summed E-state index contributed by atoms with van der Waals surface area (Å²) in [7, 11) is 0. The molecule has 4 aliphatic rings. The summed E-state index contributed by atoms with van der Waals surface area (Å²) in [5.41, 5.74) is 0. The van der Waals surface area contributed by atoms with Crippen LogP contribution < -0.4 is 10.6 Å². The van der Waals surface area contributed by atoms with E-state index in [1.807, 2.05) is 0 Å². The lowest BCUT2D eigenvalue weighted by Crippen LogP contribution is -2.60. The second-order valence-corrected chi connectivity index (χ2v) is 4.96. The fourth-order valence-electron chi connectivity index (χ4n) is 3.29. The Bertz CT molecular complexity index is 193. The molecule has 4 aliphatic heterocycles. The van der Waals surface area contributed by atoms with Crippen LogP contribution in [0.25, 0.3) is 0 Å². The van der Waals surface area contributed by atoms with Crippen LogP contribution in [-0.4, -0.2) is 49.7 Å². The highest BCUT2D eigenvalue weighted by molar-refractivity contribution is 4.96. The summed E-state index contributed by atoms with van der Waals surface area (Å²) in [6.07, 6.45) is 4.29. The summed E-state index contributed by atoms with van der Waals surface area (Å²) in [5, 5.41) is 8.24. The average molecular weight is 194 g/mol. The molecule has 1 radical (unpaired) electrons. The Hall–Kier alpha value is -0.120. The SMILES string of the molecule is C1CNCC(C2CC3CCN2CC3)[N]1. The molecule has 0 spiro atoms. The monoisotopic (exact) mass is 194 g/mol. The van der Waals surface area contributed by atoms with Crippen molar-refractivity contribution in [3.63, 3.8) is 0 Å². The van der Waals surface area contributed by atoms with Gasteiger partial charge in [0.15, 0.2) is 0 Å². The van der Waals surface area contributed by atoms with E-state index < -0.39 is 0 Å². The fraction of sp³-hybridized carbons (Fsp3) is 1.00. The first-order valence-electron chi connectivity index (χ1n) is 6.05. The average Bonchev–Trinajstić information content (AvgIpc) is 2.32. The van der Waals surface area contributed by atoms with E-state index in [1.54, 1.807) is 0 Å². The van der Waals surface area contributed by atoms with E-state index >= 15 is 0 Å². The van der Waals surface area contributed by atoms with Gasteiger partial charge in [0.25, 0.3) is 0 Å². The minimum absolute atomic E-state index is 0.590. The van der Waals surface area contributed by atoms with Crippen molar-refractivity contribution >= 4 is 0 Å². The normalized spacial score (nSPS) is 48.0. The predicted octanol–water partition coefficient (Wildman–Crippen LogP) is 0.0469. The van der Waals surface area contributed by atoms with E-state index in [-0.39, 0.29) is 0 Å². The van der Waals surface area contributed by atoms with Crippen LogP contribution in [-0.2, 0) is 0 Å². The van der Waals surface area contributed by atoms with Gasteiger partial charge < -0.3 is 5.32 Å². The predicted molar refractivity (Wildman–Crippen MR) is 56.4 cm³/mol. The highest BCUT2D eigenvalue weighted by Gasteiger charge is 2.38. The number of nitrogens with zero attached hydrogens (tertiary/aromatic N) is 2. The molecule has 2 unspecified atom stereocenters. The molecular formula is C11H20N3. The molecule has 0 aromatic heterocycles. The fourth-order valence-corrected chi connectivity index (χ4v) is 3.29. The van der Waals surface area contributed by atoms with Crippen LogP contribution >= 0.6 is 0 Å². The maximum Gasteiger partial charge on any atom is 0.0526 e. The summed E-state index contributed by atoms with van der Waals surface area (Å²) in [6.45, 7) is 5.91. The molecule has 4 rings (SSSR count). The van der Waals surface area contributed by atoms with Crippen LogP contribution in [0.15, 0.2) is 0 Å². The van der Waals surface area contributed by atoms with Crippen LogP contribution in [0.3, 0.4) is 0 Å². The largest absolute Gasteiger partial charge is 0.314 e. The molecular weight excluding hydrogens is 174 g/mol. The van der Waals surface area contributed by atoms with Crippen molar-refractivity contribution in [1.82, 2.24) is 15.5 Å². The minimum Gasteiger partial charge on any atom is -0.314 e. The second kappa shape index (κ2) is 3.80. The summed E-state index contributed by atoms with van der Waals surface area (Å²) < 4.78 is 0. The third-order valence-electron chi connectivity index (χ3n) is 4.14. The molecule has 4 saturated heterocycles. The van der Waals surface area contributed by atoms with Gasteiger partial charge in [0.05, 0.1) is 6.04 Å². The number of rotatable bonds is 1. The Labute approximate surface area is 86.2 Å². The Morgan fingerprint density at radius 2 is 2.07 bits per heavy atom. The van der Waals surface area contributed by atoms with Crippen molar-refractivity contribution in [2.45, 2.75) is 31.3 Å². The van der Waals surface area contributed by atoms with Crippen molar-refractivity contribution in [1.29, 1.82) is 0 Å². The molecule has 2 atom stereocenters. The molecule has 2 bridgehead atoms. The van der Waals surface area contributed by atoms with Gasteiger partial charge in [-0.3, -0.25) is 4.90 Å². The number of fused-ring (bicyclic) bond motifs is 3. The van der Waals surface area contributed by atoms with Crippen LogP contribution in [0, 0.1) is 5.92 Å². The molecule has 79 valence electrons. The smallest absolute Gasteiger partial charge is 0.0526 e. The molecule has 1 N–H and O–H groups in total.